The number of hydrogen-bond acceptors (Lipinski definition) is 3. The van der Waals surface area contributed by atoms with E-state index in [4.69, 9.17) is 4.74 Å². The Morgan fingerprint density at radius 1 is 1.32 bits per heavy atom. The Balaban J connectivity index is 2.00. The summed E-state index contributed by atoms with van der Waals surface area (Å²) in [4.78, 5) is 17.2. The van der Waals surface area contributed by atoms with Gasteiger partial charge in [0, 0.05) is 31.8 Å². The van der Waals surface area contributed by atoms with E-state index in [0.717, 1.165) is 19.5 Å². The number of carbonyl (C=O) groups excluding carboxylic acids is 1. The highest BCUT2D eigenvalue weighted by atomic mass is 16.5. The van der Waals surface area contributed by atoms with Gasteiger partial charge in [-0.1, -0.05) is 13.3 Å². The van der Waals surface area contributed by atoms with Crippen LogP contribution in [0.25, 0.3) is 0 Å². The number of ether oxygens (including phenoxy) is 1. The van der Waals surface area contributed by atoms with Crippen molar-refractivity contribution in [3.8, 4) is 0 Å². The third-order valence-electron chi connectivity index (χ3n) is 4.48. The lowest BCUT2D eigenvalue weighted by Crippen LogP contribution is -2.61. The van der Waals surface area contributed by atoms with Crippen molar-refractivity contribution in [3.63, 3.8) is 0 Å². The minimum absolute atomic E-state index is 0.196. The van der Waals surface area contributed by atoms with Crippen LogP contribution in [0.4, 0.5) is 0 Å². The number of nitrogens with zero attached hydrogens (tertiary/aromatic N) is 2. The number of amides is 1. The fraction of sp³-hybridized carbons (Fsp3) is 0.933. The van der Waals surface area contributed by atoms with Crippen LogP contribution in [0, 0.1) is 0 Å². The lowest BCUT2D eigenvalue weighted by molar-refractivity contribution is -0.150. The van der Waals surface area contributed by atoms with Crippen LogP contribution >= 0.6 is 0 Å². The number of piperidine rings is 1. The topological polar surface area (TPSA) is 32.8 Å². The summed E-state index contributed by atoms with van der Waals surface area (Å²) in [5.74, 6) is 0.196. The molecule has 0 spiro atoms. The maximum atomic E-state index is 12.6. The average Bonchev–Trinajstić information content (AvgIpc) is 2.43. The van der Waals surface area contributed by atoms with Crippen molar-refractivity contribution in [2.24, 2.45) is 0 Å². The van der Waals surface area contributed by atoms with Crippen LogP contribution in [-0.2, 0) is 9.53 Å². The zero-order chi connectivity index (χ0) is 13.8. The van der Waals surface area contributed by atoms with Crippen molar-refractivity contribution >= 4 is 5.91 Å². The van der Waals surface area contributed by atoms with E-state index in [1.165, 1.54) is 25.8 Å². The second-order valence-corrected chi connectivity index (χ2v) is 5.84. The first-order chi connectivity index (χ1) is 9.17. The molecule has 0 N–H and O–H groups in total. The van der Waals surface area contributed by atoms with E-state index in [0.29, 0.717) is 18.7 Å². The second-order valence-electron chi connectivity index (χ2n) is 5.84. The molecule has 110 valence electrons. The molecule has 2 rings (SSSR count). The van der Waals surface area contributed by atoms with E-state index in [9.17, 15) is 4.79 Å². The molecule has 19 heavy (non-hydrogen) atoms. The summed E-state index contributed by atoms with van der Waals surface area (Å²) in [5, 5.41) is 0. The van der Waals surface area contributed by atoms with Crippen molar-refractivity contribution in [3.05, 3.63) is 0 Å². The van der Waals surface area contributed by atoms with Crippen LogP contribution in [0.2, 0.25) is 0 Å². The van der Waals surface area contributed by atoms with Crippen LogP contribution < -0.4 is 0 Å². The molecule has 1 amide bonds. The van der Waals surface area contributed by atoms with E-state index >= 15 is 0 Å². The number of rotatable bonds is 4. The molecule has 0 aromatic carbocycles. The van der Waals surface area contributed by atoms with E-state index in [1.54, 1.807) is 0 Å². The van der Waals surface area contributed by atoms with Crippen LogP contribution in [0.15, 0.2) is 0 Å². The van der Waals surface area contributed by atoms with Gasteiger partial charge in [-0.05, 0) is 39.7 Å². The highest BCUT2D eigenvalue weighted by Crippen LogP contribution is 2.25. The maximum Gasteiger partial charge on any atom is 0.252 e. The monoisotopic (exact) mass is 268 g/mol. The number of fused-ring (bicyclic) bond motifs is 1. The SMILES string of the molecule is CCO[C@H](CC)C(=O)N1C[C@@H]2CCCCN2C[C@H]1C. The molecule has 2 heterocycles. The molecule has 0 bridgehead atoms. The molecule has 3 atom stereocenters. The second kappa shape index (κ2) is 6.71. The first-order valence-corrected chi connectivity index (χ1v) is 7.83. The number of piperazine rings is 1. The van der Waals surface area contributed by atoms with Crippen LogP contribution in [0.1, 0.15) is 46.5 Å². The van der Waals surface area contributed by atoms with E-state index in [2.05, 4.69) is 16.7 Å². The van der Waals surface area contributed by atoms with Crippen molar-refractivity contribution in [2.75, 3.05) is 26.2 Å². The molecule has 2 saturated heterocycles. The summed E-state index contributed by atoms with van der Waals surface area (Å²) >= 11 is 0. The van der Waals surface area contributed by atoms with Crippen LogP contribution in [-0.4, -0.2) is 60.1 Å². The van der Waals surface area contributed by atoms with E-state index < -0.39 is 0 Å². The normalized spacial score (nSPS) is 29.9. The molecule has 0 aromatic heterocycles. The van der Waals surface area contributed by atoms with Crippen LogP contribution in [0.3, 0.4) is 0 Å². The molecular weight excluding hydrogens is 240 g/mol. The first kappa shape index (κ1) is 14.8. The quantitative estimate of drug-likeness (QED) is 0.780. The minimum Gasteiger partial charge on any atom is -0.369 e. The van der Waals surface area contributed by atoms with Crippen molar-refractivity contribution < 1.29 is 9.53 Å². The van der Waals surface area contributed by atoms with Gasteiger partial charge in [-0.15, -0.1) is 0 Å². The largest absolute Gasteiger partial charge is 0.369 e. The lowest BCUT2D eigenvalue weighted by Gasteiger charge is -2.48. The van der Waals surface area contributed by atoms with Gasteiger partial charge in [0.2, 0.25) is 0 Å². The predicted molar refractivity (Wildman–Crippen MR) is 76.1 cm³/mol. The van der Waals surface area contributed by atoms with Crippen molar-refractivity contribution in [1.82, 2.24) is 9.80 Å². The first-order valence-electron chi connectivity index (χ1n) is 7.83. The van der Waals surface area contributed by atoms with Gasteiger partial charge in [0.1, 0.15) is 6.10 Å². The number of carbonyl (C=O) groups is 1. The van der Waals surface area contributed by atoms with Gasteiger partial charge in [-0.3, -0.25) is 9.69 Å². The maximum absolute atomic E-state index is 12.6. The Hall–Kier alpha value is -0.610. The van der Waals surface area contributed by atoms with Gasteiger partial charge in [0.05, 0.1) is 0 Å². The fourth-order valence-corrected chi connectivity index (χ4v) is 3.41. The summed E-state index contributed by atoms with van der Waals surface area (Å²) in [6, 6.07) is 0.893. The van der Waals surface area contributed by atoms with Gasteiger partial charge in [-0.2, -0.15) is 0 Å². The van der Waals surface area contributed by atoms with Gasteiger partial charge in [0.15, 0.2) is 0 Å². The Morgan fingerprint density at radius 3 is 2.79 bits per heavy atom. The molecular formula is C15H28N2O2. The summed E-state index contributed by atoms with van der Waals surface area (Å²) in [6.07, 6.45) is 4.38. The Kier molecular flexibility index (Phi) is 5.22. The van der Waals surface area contributed by atoms with Gasteiger partial charge >= 0.3 is 0 Å². The third kappa shape index (κ3) is 3.29. The Labute approximate surface area is 117 Å². The van der Waals surface area contributed by atoms with E-state index in [1.807, 2.05) is 13.8 Å². The van der Waals surface area contributed by atoms with Gasteiger partial charge < -0.3 is 9.64 Å². The molecule has 0 saturated carbocycles. The molecule has 0 unspecified atom stereocenters. The van der Waals surface area contributed by atoms with Gasteiger partial charge in [-0.25, -0.2) is 0 Å². The smallest absolute Gasteiger partial charge is 0.252 e. The summed E-state index contributed by atoms with van der Waals surface area (Å²) in [5.41, 5.74) is 0. The van der Waals surface area contributed by atoms with Crippen LogP contribution in [0.5, 0.6) is 0 Å². The zero-order valence-corrected chi connectivity index (χ0v) is 12.6. The molecule has 2 aliphatic rings. The minimum atomic E-state index is -0.248. The molecule has 4 nitrogen and oxygen atoms in total. The van der Waals surface area contributed by atoms with E-state index in [-0.39, 0.29) is 12.0 Å². The summed E-state index contributed by atoms with van der Waals surface area (Å²) in [7, 11) is 0. The Morgan fingerprint density at radius 2 is 2.11 bits per heavy atom. The summed E-state index contributed by atoms with van der Waals surface area (Å²) < 4.78 is 5.59. The predicted octanol–water partition coefficient (Wildman–Crippen LogP) is 1.89. The Bertz CT molecular complexity index is 309. The zero-order valence-electron chi connectivity index (χ0n) is 12.6. The lowest BCUT2D eigenvalue weighted by atomic mass is 9.96. The standard InChI is InChI=1S/C15H28N2O2/c1-4-14(19-5-2)15(18)17-11-13-8-6-7-9-16(13)10-12(17)3/h12-14H,4-11H2,1-3H3/t12-,13+,14-/m1/s1. The van der Waals surface area contributed by atoms with Crippen molar-refractivity contribution in [2.45, 2.75) is 64.6 Å². The van der Waals surface area contributed by atoms with Crippen molar-refractivity contribution in [1.29, 1.82) is 0 Å². The molecule has 2 aliphatic heterocycles. The fourth-order valence-electron chi connectivity index (χ4n) is 3.41. The number of hydrogen-bond donors (Lipinski definition) is 0. The molecule has 0 radical (unpaired) electrons. The molecule has 0 aromatic rings. The average molecular weight is 268 g/mol. The molecule has 4 heteroatoms. The highest BCUT2D eigenvalue weighted by Gasteiger charge is 2.37. The molecule has 0 aliphatic carbocycles. The summed E-state index contributed by atoms with van der Waals surface area (Å²) in [6.45, 7) is 9.89. The highest BCUT2D eigenvalue weighted by molar-refractivity contribution is 5.81. The third-order valence-corrected chi connectivity index (χ3v) is 4.48. The van der Waals surface area contributed by atoms with Gasteiger partial charge in [0.25, 0.3) is 5.91 Å². The molecule has 2 fully saturated rings.